The highest BCUT2D eigenvalue weighted by atomic mass is 127. The molecule has 0 amide bonds. The zero-order valence-electron chi connectivity index (χ0n) is 8.47. The van der Waals surface area contributed by atoms with Crippen LogP contribution >= 0.6 is 22.6 Å². The molecule has 0 bridgehead atoms. The van der Waals surface area contributed by atoms with Crippen molar-refractivity contribution in [2.45, 2.75) is 13.3 Å². The highest BCUT2D eigenvalue weighted by Crippen LogP contribution is 2.14. The summed E-state index contributed by atoms with van der Waals surface area (Å²) in [6.07, 6.45) is 1.15. The molecule has 0 N–H and O–H groups in total. The van der Waals surface area contributed by atoms with E-state index in [1.54, 1.807) is 0 Å². The second kappa shape index (κ2) is 4.96. The van der Waals surface area contributed by atoms with Gasteiger partial charge in [-0.3, -0.25) is 0 Å². The first-order valence-corrected chi connectivity index (χ1v) is 5.57. The average molecular weight is 289 g/mol. The van der Waals surface area contributed by atoms with Crippen molar-refractivity contribution < 1.29 is 0 Å². The molecule has 0 saturated carbocycles. The van der Waals surface area contributed by atoms with Crippen molar-refractivity contribution in [3.8, 4) is 0 Å². The van der Waals surface area contributed by atoms with Crippen LogP contribution in [0, 0.1) is 10.5 Å². The van der Waals surface area contributed by atoms with Gasteiger partial charge in [-0.15, -0.1) is 0 Å². The Bertz CT molecular complexity index is 281. The van der Waals surface area contributed by atoms with Crippen molar-refractivity contribution in [1.82, 2.24) is 4.90 Å². The van der Waals surface area contributed by atoms with Crippen LogP contribution in [0.2, 0.25) is 0 Å². The molecule has 0 aromatic heterocycles. The molecule has 0 aliphatic rings. The topological polar surface area (TPSA) is 3.24 Å². The predicted molar refractivity (Wildman–Crippen MR) is 66.2 cm³/mol. The molecule has 0 fully saturated rings. The first kappa shape index (κ1) is 11.0. The molecule has 1 aromatic rings. The van der Waals surface area contributed by atoms with Crippen LogP contribution < -0.4 is 0 Å². The van der Waals surface area contributed by atoms with E-state index < -0.39 is 0 Å². The lowest BCUT2D eigenvalue weighted by atomic mass is 10.1. The van der Waals surface area contributed by atoms with Gasteiger partial charge in [0.1, 0.15) is 0 Å². The van der Waals surface area contributed by atoms with Crippen LogP contribution in [0.1, 0.15) is 11.1 Å². The van der Waals surface area contributed by atoms with Gasteiger partial charge in [-0.2, -0.15) is 0 Å². The molecule has 2 heteroatoms. The zero-order chi connectivity index (χ0) is 9.84. The van der Waals surface area contributed by atoms with Gasteiger partial charge < -0.3 is 4.90 Å². The summed E-state index contributed by atoms with van der Waals surface area (Å²) in [4.78, 5) is 2.22. The Labute approximate surface area is 94.3 Å². The van der Waals surface area contributed by atoms with Gasteiger partial charge in [0, 0.05) is 10.1 Å². The summed E-state index contributed by atoms with van der Waals surface area (Å²) in [6, 6.07) is 6.65. The van der Waals surface area contributed by atoms with Crippen LogP contribution in [0.5, 0.6) is 0 Å². The van der Waals surface area contributed by atoms with E-state index in [0.717, 1.165) is 13.0 Å². The minimum atomic E-state index is 1.12. The summed E-state index contributed by atoms with van der Waals surface area (Å²) in [5.41, 5.74) is 2.82. The highest BCUT2D eigenvalue weighted by Gasteiger charge is 2.00. The average Bonchev–Trinajstić information content (AvgIpc) is 2.06. The molecule has 0 unspecified atom stereocenters. The van der Waals surface area contributed by atoms with Crippen LogP contribution in [0.15, 0.2) is 18.2 Å². The fourth-order valence-electron chi connectivity index (χ4n) is 1.24. The molecule has 72 valence electrons. The van der Waals surface area contributed by atoms with Crippen LogP contribution in [-0.2, 0) is 6.42 Å². The molecule has 1 aromatic carbocycles. The number of halogens is 1. The maximum atomic E-state index is 2.41. The smallest absolute Gasteiger partial charge is 0.0163 e. The van der Waals surface area contributed by atoms with Gasteiger partial charge >= 0.3 is 0 Å². The lowest BCUT2D eigenvalue weighted by Crippen LogP contribution is -2.15. The van der Waals surface area contributed by atoms with Gasteiger partial charge in [0.25, 0.3) is 0 Å². The van der Waals surface area contributed by atoms with Crippen molar-refractivity contribution in [3.63, 3.8) is 0 Å². The molecule has 1 nitrogen and oxygen atoms in total. The Morgan fingerprint density at radius 1 is 1.31 bits per heavy atom. The minimum Gasteiger partial charge on any atom is -0.309 e. The third-order valence-electron chi connectivity index (χ3n) is 2.03. The van der Waals surface area contributed by atoms with E-state index >= 15 is 0 Å². The van der Waals surface area contributed by atoms with Crippen LogP contribution in [0.4, 0.5) is 0 Å². The SMILES string of the molecule is Cc1ccc(I)c(CCN(C)C)c1. The molecule has 13 heavy (non-hydrogen) atoms. The molecule has 0 saturated heterocycles. The van der Waals surface area contributed by atoms with E-state index in [1.807, 2.05) is 0 Å². The lowest BCUT2D eigenvalue weighted by molar-refractivity contribution is 0.413. The monoisotopic (exact) mass is 289 g/mol. The number of benzene rings is 1. The normalized spacial score (nSPS) is 10.8. The summed E-state index contributed by atoms with van der Waals surface area (Å²) < 4.78 is 1.38. The van der Waals surface area contributed by atoms with Crippen LogP contribution in [0.25, 0.3) is 0 Å². The summed E-state index contributed by atoms with van der Waals surface area (Å²) >= 11 is 2.41. The van der Waals surface area contributed by atoms with E-state index in [0.29, 0.717) is 0 Å². The maximum absolute atomic E-state index is 2.41. The maximum Gasteiger partial charge on any atom is 0.0163 e. The number of hydrogen-bond acceptors (Lipinski definition) is 1. The fraction of sp³-hybridized carbons (Fsp3) is 0.455. The quantitative estimate of drug-likeness (QED) is 0.773. The van der Waals surface area contributed by atoms with Crippen LogP contribution in [0.3, 0.4) is 0 Å². The van der Waals surface area contributed by atoms with Crippen molar-refractivity contribution in [2.75, 3.05) is 20.6 Å². The zero-order valence-corrected chi connectivity index (χ0v) is 10.6. The van der Waals surface area contributed by atoms with Crippen molar-refractivity contribution in [3.05, 3.63) is 32.9 Å². The number of likely N-dealkylation sites (N-methyl/N-ethyl adjacent to an activating group) is 1. The number of hydrogen-bond donors (Lipinski definition) is 0. The molecule has 0 aliphatic carbocycles. The van der Waals surface area contributed by atoms with Crippen LogP contribution in [-0.4, -0.2) is 25.5 Å². The summed E-state index contributed by atoms with van der Waals surface area (Å²) in [5.74, 6) is 0. The molecule has 0 aliphatic heterocycles. The number of nitrogens with zero attached hydrogens (tertiary/aromatic N) is 1. The molecule has 1 rings (SSSR count). The van der Waals surface area contributed by atoms with Gasteiger partial charge in [-0.05, 0) is 61.7 Å². The molecular formula is C11H16IN. The lowest BCUT2D eigenvalue weighted by Gasteiger charge is -2.10. The second-order valence-corrected chi connectivity index (χ2v) is 4.81. The summed E-state index contributed by atoms with van der Waals surface area (Å²) in [6.45, 7) is 3.27. The fourth-order valence-corrected chi connectivity index (χ4v) is 1.84. The number of rotatable bonds is 3. The van der Waals surface area contributed by atoms with E-state index in [-0.39, 0.29) is 0 Å². The highest BCUT2D eigenvalue weighted by molar-refractivity contribution is 14.1. The Kier molecular flexibility index (Phi) is 4.19. The van der Waals surface area contributed by atoms with Gasteiger partial charge in [0.2, 0.25) is 0 Å². The van der Waals surface area contributed by atoms with Gasteiger partial charge in [0.05, 0.1) is 0 Å². The van der Waals surface area contributed by atoms with Gasteiger partial charge in [-0.1, -0.05) is 17.7 Å². The van der Waals surface area contributed by atoms with E-state index in [9.17, 15) is 0 Å². The number of aryl methyl sites for hydroxylation is 1. The van der Waals surface area contributed by atoms with E-state index in [2.05, 4.69) is 66.7 Å². The van der Waals surface area contributed by atoms with Gasteiger partial charge in [-0.25, -0.2) is 0 Å². The van der Waals surface area contributed by atoms with Crippen molar-refractivity contribution in [2.24, 2.45) is 0 Å². The molecule has 0 radical (unpaired) electrons. The van der Waals surface area contributed by atoms with Crippen molar-refractivity contribution in [1.29, 1.82) is 0 Å². The Balaban J connectivity index is 2.70. The van der Waals surface area contributed by atoms with Gasteiger partial charge in [0.15, 0.2) is 0 Å². The Morgan fingerprint density at radius 2 is 2.00 bits per heavy atom. The van der Waals surface area contributed by atoms with Crippen molar-refractivity contribution >= 4 is 22.6 Å². The predicted octanol–water partition coefficient (Wildman–Crippen LogP) is 2.70. The summed E-state index contributed by atoms with van der Waals surface area (Å²) in [5, 5.41) is 0. The second-order valence-electron chi connectivity index (χ2n) is 3.65. The first-order valence-electron chi connectivity index (χ1n) is 4.49. The molecule has 0 heterocycles. The third-order valence-corrected chi connectivity index (χ3v) is 3.08. The first-order chi connectivity index (χ1) is 6.09. The Hall–Kier alpha value is -0.0900. The third kappa shape index (κ3) is 3.65. The van der Waals surface area contributed by atoms with E-state index in [4.69, 9.17) is 0 Å². The Morgan fingerprint density at radius 3 is 2.62 bits per heavy atom. The summed E-state index contributed by atoms with van der Waals surface area (Å²) in [7, 11) is 4.23. The molecular weight excluding hydrogens is 273 g/mol. The molecule has 0 spiro atoms. The largest absolute Gasteiger partial charge is 0.309 e. The molecule has 0 atom stereocenters. The standard InChI is InChI=1S/C11H16IN/c1-9-4-5-11(12)10(8-9)6-7-13(2)3/h4-5,8H,6-7H2,1-3H3. The van der Waals surface area contributed by atoms with E-state index in [1.165, 1.54) is 14.7 Å². The minimum absolute atomic E-state index is 1.12.